The molecule has 2 heterocycles. The molecule has 162 valence electrons. The SMILES string of the molecule is CN(C)CCN1C(=O)C(=O)C(=C(O)c2ccc3c(c2)OCCO3)[C@@H]1c1cccc(O)c1. The number of nitrogens with zero attached hydrogens (tertiary/aromatic N) is 2. The summed E-state index contributed by atoms with van der Waals surface area (Å²) in [6.07, 6.45) is 0. The summed E-state index contributed by atoms with van der Waals surface area (Å²) in [5.41, 5.74) is 0.864. The molecule has 0 bridgehead atoms. The topological polar surface area (TPSA) is 99.5 Å². The summed E-state index contributed by atoms with van der Waals surface area (Å²) in [6.45, 7) is 1.64. The number of aliphatic hydroxyl groups is 1. The number of aliphatic hydroxyl groups excluding tert-OH is 1. The van der Waals surface area contributed by atoms with Crippen molar-refractivity contribution in [2.75, 3.05) is 40.4 Å². The number of hydrogen-bond acceptors (Lipinski definition) is 7. The lowest BCUT2D eigenvalue weighted by Gasteiger charge is -2.26. The van der Waals surface area contributed by atoms with Gasteiger partial charge < -0.3 is 29.5 Å². The molecule has 31 heavy (non-hydrogen) atoms. The van der Waals surface area contributed by atoms with Gasteiger partial charge in [-0.3, -0.25) is 9.59 Å². The number of likely N-dealkylation sites (tertiary alicyclic amines) is 1. The van der Waals surface area contributed by atoms with Crippen LogP contribution in [0, 0.1) is 0 Å². The molecule has 0 saturated carbocycles. The first-order chi connectivity index (χ1) is 14.9. The number of carbonyl (C=O) groups is 2. The summed E-state index contributed by atoms with van der Waals surface area (Å²) in [7, 11) is 3.74. The Hall–Kier alpha value is -3.52. The van der Waals surface area contributed by atoms with Gasteiger partial charge in [-0.1, -0.05) is 12.1 Å². The molecular formula is C23H24N2O6. The number of aromatic hydroxyl groups is 1. The second kappa shape index (κ2) is 8.31. The average Bonchev–Trinajstić information content (AvgIpc) is 3.01. The smallest absolute Gasteiger partial charge is 0.295 e. The molecule has 8 nitrogen and oxygen atoms in total. The summed E-state index contributed by atoms with van der Waals surface area (Å²) >= 11 is 0. The highest BCUT2D eigenvalue weighted by atomic mass is 16.6. The van der Waals surface area contributed by atoms with E-state index in [0.717, 1.165) is 0 Å². The highest BCUT2D eigenvalue weighted by Gasteiger charge is 2.46. The van der Waals surface area contributed by atoms with E-state index in [2.05, 4.69) is 0 Å². The van der Waals surface area contributed by atoms with Gasteiger partial charge >= 0.3 is 0 Å². The number of Topliss-reactive ketones (excluding diaryl/α,β-unsaturated/α-hetero) is 1. The Morgan fingerprint density at radius 2 is 1.84 bits per heavy atom. The molecular weight excluding hydrogens is 400 g/mol. The first-order valence-corrected chi connectivity index (χ1v) is 9.99. The Morgan fingerprint density at radius 3 is 2.55 bits per heavy atom. The molecule has 0 aromatic heterocycles. The summed E-state index contributed by atoms with van der Waals surface area (Å²) < 4.78 is 11.1. The molecule has 1 amide bonds. The first-order valence-electron chi connectivity index (χ1n) is 9.99. The third-order valence-corrected chi connectivity index (χ3v) is 5.33. The van der Waals surface area contributed by atoms with Crippen molar-refractivity contribution < 1.29 is 29.3 Å². The minimum atomic E-state index is -0.819. The molecule has 2 aliphatic heterocycles. The zero-order valence-electron chi connectivity index (χ0n) is 17.4. The van der Waals surface area contributed by atoms with Crippen molar-refractivity contribution >= 4 is 17.4 Å². The largest absolute Gasteiger partial charge is 0.508 e. The van der Waals surface area contributed by atoms with E-state index in [1.807, 2.05) is 19.0 Å². The number of phenols is 1. The van der Waals surface area contributed by atoms with Crippen LogP contribution in [0.15, 0.2) is 48.0 Å². The van der Waals surface area contributed by atoms with Gasteiger partial charge in [-0.05, 0) is 50.0 Å². The number of amides is 1. The molecule has 2 N–H and O–H groups in total. The third kappa shape index (κ3) is 3.94. The number of ketones is 1. The molecule has 2 aliphatic rings. The first kappa shape index (κ1) is 20.7. The van der Waals surface area contributed by atoms with Crippen molar-refractivity contribution in [2.24, 2.45) is 0 Å². The van der Waals surface area contributed by atoms with E-state index in [1.165, 1.54) is 17.0 Å². The summed E-state index contributed by atoms with van der Waals surface area (Å²) in [5, 5.41) is 21.1. The summed E-state index contributed by atoms with van der Waals surface area (Å²) in [6, 6.07) is 10.4. The molecule has 0 aliphatic carbocycles. The van der Waals surface area contributed by atoms with E-state index in [1.54, 1.807) is 30.3 Å². The zero-order valence-corrected chi connectivity index (χ0v) is 17.4. The van der Waals surface area contributed by atoms with Crippen LogP contribution in [0.4, 0.5) is 0 Å². The minimum Gasteiger partial charge on any atom is -0.508 e. The Labute approximate surface area is 179 Å². The maximum Gasteiger partial charge on any atom is 0.295 e. The van der Waals surface area contributed by atoms with Crippen LogP contribution in [0.1, 0.15) is 17.2 Å². The Balaban J connectivity index is 1.83. The molecule has 1 saturated heterocycles. The van der Waals surface area contributed by atoms with Crippen molar-refractivity contribution in [3.63, 3.8) is 0 Å². The fraction of sp³-hybridized carbons (Fsp3) is 0.304. The number of likely N-dealkylation sites (N-methyl/N-ethyl adjacent to an activating group) is 1. The number of phenolic OH excluding ortho intramolecular Hbond substituents is 1. The van der Waals surface area contributed by atoms with Crippen LogP contribution in [0.5, 0.6) is 17.2 Å². The fourth-order valence-corrected chi connectivity index (χ4v) is 3.81. The Bertz CT molecular complexity index is 1060. The van der Waals surface area contributed by atoms with Gasteiger partial charge in [-0.25, -0.2) is 0 Å². The number of rotatable bonds is 5. The van der Waals surface area contributed by atoms with Crippen LogP contribution < -0.4 is 9.47 Å². The van der Waals surface area contributed by atoms with E-state index in [9.17, 15) is 19.8 Å². The van der Waals surface area contributed by atoms with E-state index < -0.39 is 17.7 Å². The minimum absolute atomic E-state index is 0.00928. The lowest BCUT2D eigenvalue weighted by molar-refractivity contribution is -0.140. The van der Waals surface area contributed by atoms with Crippen LogP contribution in [0.2, 0.25) is 0 Å². The van der Waals surface area contributed by atoms with Gasteiger partial charge in [-0.15, -0.1) is 0 Å². The predicted molar refractivity (Wildman–Crippen MR) is 113 cm³/mol. The molecule has 1 fully saturated rings. The van der Waals surface area contributed by atoms with E-state index in [-0.39, 0.29) is 23.6 Å². The van der Waals surface area contributed by atoms with Gasteiger partial charge in [0.25, 0.3) is 11.7 Å². The quantitative estimate of drug-likeness (QED) is 0.431. The number of ether oxygens (including phenoxy) is 2. The molecule has 0 radical (unpaired) electrons. The van der Waals surface area contributed by atoms with E-state index in [0.29, 0.717) is 42.4 Å². The van der Waals surface area contributed by atoms with Gasteiger partial charge in [0, 0.05) is 18.7 Å². The summed E-state index contributed by atoms with van der Waals surface area (Å²) in [5.74, 6) is -0.718. The lowest BCUT2D eigenvalue weighted by atomic mass is 9.95. The van der Waals surface area contributed by atoms with Crippen molar-refractivity contribution in [3.05, 3.63) is 59.2 Å². The molecule has 2 aromatic carbocycles. The lowest BCUT2D eigenvalue weighted by Crippen LogP contribution is -2.35. The maximum absolute atomic E-state index is 13.0. The van der Waals surface area contributed by atoms with Gasteiger partial charge in [0.1, 0.15) is 24.7 Å². The fourth-order valence-electron chi connectivity index (χ4n) is 3.81. The molecule has 1 atom stereocenters. The monoisotopic (exact) mass is 424 g/mol. The summed E-state index contributed by atoms with van der Waals surface area (Å²) in [4.78, 5) is 29.2. The Kier molecular flexibility index (Phi) is 5.56. The molecule has 0 spiro atoms. The van der Waals surface area contributed by atoms with Gasteiger partial charge in [0.2, 0.25) is 0 Å². The van der Waals surface area contributed by atoms with Crippen molar-refractivity contribution in [1.82, 2.24) is 9.80 Å². The van der Waals surface area contributed by atoms with Crippen LogP contribution in [-0.2, 0) is 9.59 Å². The number of hydrogen-bond donors (Lipinski definition) is 2. The average molecular weight is 424 g/mol. The highest BCUT2D eigenvalue weighted by molar-refractivity contribution is 6.46. The predicted octanol–water partition coefficient (Wildman–Crippen LogP) is 2.15. The molecule has 0 unspecified atom stereocenters. The van der Waals surface area contributed by atoms with Crippen LogP contribution >= 0.6 is 0 Å². The second-order valence-electron chi connectivity index (χ2n) is 7.75. The van der Waals surface area contributed by atoms with E-state index in [4.69, 9.17) is 9.47 Å². The van der Waals surface area contributed by atoms with E-state index >= 15 is 0 Å². The molecule has 2 aromatic rings. The highest BCUT2D eigenvalue weighted by Crippen LogP contribution is 2.41. The number of fused-ring (bicyclic) bond motifs is 1. The van der Waals surface area contributed by atoms with Crippen molar-refractivity contribution in [2.45, 2.75) is 6.04 Å². The zero-order chi connectivity index (χ0) is 22.1. The van der Waals surface area contributed by atoms with Gasteiger partial charge in [0.15, 0.2) is 11.5 Å². The van der Waals surface area contributed by atoms with Crippen molar-refractivity contribution in [1.29, 1.82) is 0 Å². The van der Waals surface area contributed by atoms with Crippen molar-refractivity contribution in [3.8, 4) is 17.2 Å². The van der Waals surface area contributed by atoms with Crippen LogP contribution in [0.25, 0.3) is 5.76 Å². The van der Waals surface area contributed by atoms with Crippen LogP contribution in [-0.4, -0.2) is 72.1 Å². The normalized spacial score (nSPS) is 19.8. The second-order valence-corrected chi connectivity index (χ2v) is 7.75. The van der Waals surface area contributed by atoms with Gasteiger partial charge in [-0.2, -0.15) is 0 Å². The standard InChI is InChI=1S/C23H24N2O6/c1-24(2)8-9-25-20(14-4-3-5-16(26)12-14)19(22(28)23(25)29)21(27)15-6-7-17-18(13-15)31-11-10-30-17/h3-7,12-13,20,26-27H,8-11H2,1-2H3/t20-/m0/s1. The third-order valence-electron chi connectivity index (χ3n) is 5.33. The van der Waals surface area contributed by atoms with Crippen LogP contribution in [0.3, 0.4) is 0 Å². The number of carbonyl (C=O) groups excluding carboxylic acids is 2. The molecule has 8 heteroatoms. The Morgan fingerprint density at radius 1 is 1.10 bits per heavy atom. The maximum atomic E-state index is 13.0. The molecule has 4 rings (SSSR count). The van der Waals surface area contributed by atoms with Gasteiger partial charge in [0.05, 0.1) is 11.6 Å². The number of benzene rings is 2.